The van der Waals surface area contributed by atoms with E-state index < -0.39 is 23.6 Å². The molecule has 2 heterocycles. The number of ether oxygens (including phenoxy) is 1. The highest BCUT2D eigenvalue weighted by Crippen LogP contribution is 2.30. The maximum absolute atomic E-state index is 11.6. The SMILES string of the molecule is O=c1[nH]c(=O)n([C@@H]2CC(S)[C@H](CO)O2)cc1Br. The topological polar surface area (TPSA) is 84.3 Å². The van der Waals surface area contributed by atoms with E-state index in [0.717, 1.165) is 0 Å². The number of aromatic nitrogens is 2. The molecule has 94 valence electrons. The molecular formula is C9H11BrN2O4S. The van der Waals surface area contributed by atoms with Crippen molar-refractivity contribution in [2.75, 3.05) is 6.61 Å². The minimum atomic E-state index is -0.540. The second-order valence-electron chi connectivity index (χ2n) is 3.76. The Morgan fingerprint density at radius 3 is 2.94 bits per heavy atom. The molecule has 0 aromatic carbocycles. The van der Waals surface area contributed by atoms with Gasteiger partial charge in [-0.1, -0.05) is 0 Å². The number of nitrogens with zero attached hydrogens (tertiary/aromatic N) is 1. The Labute approximate surface area is 110 Å². The Morgan fingerprint density at radius 1 is 1.65 bits per heavy atom. The molecule has 8 heteroatoms. The van der Waals surface area contributed by atoms with Gasteiger partial charge in [0.05, 0.1) is 17.2 Å². The zero-order valence-corrected chi connectivity index (χ0v) is 11.1. The fourth-order valence-electron chi connectivity index (χ4n) is 1.72. The van der Waals surface area contributed by atoms with E-state index in [1.54, 1.807) is 0 Å². The Hall–Kier alpha value is -0.570. The zero-order chi connectivity index (χ0) is 12.6. The maximum Gasteiger partial charge on any atom is 0.330 e. The summed E-state index contributed by atoms with van der Waals surface area (Å²) in [6.45, 7) is -0.149. The molecule has 1 aliphatic rings. The molecule has 1 saturated heterocycles. The molecule has 0 aliphatic carbocycles. The third-order valence-electron chi connectivity index (χ3n) is 2.62. The lowest BCUT2D eigenvalue weighted by Gasteiger charge is -2.14. The number of hydrogen-bond acceptors (Lipinski definition) is 5. The van der Waals surface area contributed by atoms with Crippen LogP contribution in [0.25, 0.3) is 0 Å². The van der Waals surface area contributed by atoms with Gasteiger partial charge in [0.25, 0.3) is 5.56 Å². The summed E-state index contributed by atoms with van der Waals surface area (Å²) in [6.07, 6.45) is 0.954. The second kappa shape index (κ2) is 4.97. The predicted molar refractivity (Wildman–Crippen MR) is 67.4 cm³/mol. The largest absolute Gasteiger partial charge is 0.394 e. The first-order chi connectivity index (χ1) is 8.02. The Kier molecular flexibility index (Phi) is 3.76. The van der Waals surface area contributed by atoms with Crippen LogP contribution in [0, 0.1) is 0 Å². The molecule has 1 fully saturated rings. The summed E-state index contributed by atoms with van der Waals surface area (Å²) in [5.74, 6) is 0. The highest BCUT2D eigenvalue weighted by molar-refractivity contribution is 9.10. The first-order valence-electron chi connectivity index (χ1n) is 4.98. The lowest BCUT2D eigenvalue weighted by molar-refractivity contribution is -0.0238. The average Bonchev–Trinajstić information content (AvgIpc) is 2.65. The molecule has 2 N–H and O–H groups in total. The highest BCUT2D eigenvalue weighted by Gasteiger charge is 2.34. The van der Waals surface area contributed by atoms with Gasteiger partial charge in [-0.3, -0.25) is 14.3 Å². The standard InChI is InChI=1S/C9H11BrN2O4S/c10-4-2-12(9(15)11-8(4)14)7-1-6(17)5(3-13)16-7/h2,5-7,13,17H,1,3H2,(H,11,14,15)/t5-,6?,7-/m0/s1. The molecule has 0 spiro atoms. The van der Waals surface area contributed by atoms with Crippen LogP contribution in [-0.4, -0.2) is 32.6 Å². The molecule has 2 rings (SSSR count). The van der Waals surface area contributed by atoms with E-state index in [1.807, 2.05) is 0 Å². The van der Waals surface area contributed by atoms with E-state index in [-0.39, 0.29) is 16.3 Å². The van der Waals surface area contributed by atoms with Crippen LogP contribution in [0.1, 0.15) is 12.6 Å². The number of rotatable bonds is 2. The number of thiol groups is 1. The minimum Gasteiger partial charge on any atom is -0.394 e. The minimum absolute atomic E-state index is 0.136. The average molecular weight is 323 g/mol. The predicted octanol–water partition coefficient (Wildman–Crippen LogP) is -0.123. The molecule has 3 atom stereocenters. The smallest absolute Gasteiger partial charge is 0.330 e. The third-order valence-corrected chi connectivity index (χ3v) is 3.73. The van der Waals surface area contributed by atoms with Gasteiger partial charge >= 0.3 is 5.69 Å². The van der Waals surface area contributed by atoms with Crippen molar-refractivity contribution >= 4 is 28.6 Å². The van der Waals surface area contributed by atoms with E-state index in [4.69, 9.17) is 9.84 Å². The number of nitrogens with one attached hydrogen (secondary N) is 1. The van der Waals surface area contributed by atoms with Gasteiger partial charge in [0.2, 0.25) is 0 Å². The molecule has 0 amide bonds. The van der Waals surface area contributed by atoms with Gasteiger partial charge in [-0.05, 0) is 15.9 Å². The van der Waals surface area contributed by atoms with Gasteiger partial charge < -0.3 is 9.84 Å². The van der Waals surface area contributed by atoms with E-state index in [0.29, 0.717) is 6.42 Å². The molecule has 0 saturated carbocycles. The lowest BCUT2D eigenvalue weighted by Crippen LogP contribution is -2.32. The lowest BCUT2D eigenvalue weighted by atomic mass is 10.2. The van der Waals surface area contributed by atoms with Crippen LogP contribution in [0.4, 0.5) is 0 Å². The molecular weight excluding hydrogens is 312 g/mol. The van der Waals surface area contributed by atoms with Crippen molar-refractivity contribution < 1.29 is 9.84 Å². The molecule has 0 radical (unpaired) electrons. The van der Waals surface area contributed by atoms with Crippen molar-refractivity contribution in [3.05, 3.63) is 31.5 Å². The molecule has 6 nitrogen and oxygen atoms in total. The first-order valence-corrected chi connectivity index (χ1v) is 6.29. The highest BCUT2D eigenvalue weighted by atomic mass is 79.9. The van der Waals surface area contributed by atoms with Crippen LogP contribution in [0.5, 0.6) is 0 Å². The first kappa shape index (κ1) is 12.9. The summed E-state index contributed by atoms with van der Waals surface area (Å²) in [7, 11) is 0. The number of aliphatic hydroxyl groups is 1. The van der Waals surface area contributed by atoms with Crippen LogP contribution in [0.2, 0.25) is 0 Å². The molecule has 1 aromatic heterocycles. The Bertz CT molecular complexity index is 528. The van der Waals surface area contributed by atoms with Crippen LogP contribution < -0.4 is 11.2 Å². The summed E-state index contributed by atoms with van der Waals surface area (Å²) < 4.78 is 7.01. The van der Waals surface area contributed by atoms with Crippen molar-refractivity contribution in [2.45, 2.75) is 24.0 Å². The molecule has 1 aromatic rings. The fourth-order valence-corrected chi connectivity index (χ4v) is 2.39. The number of hydrogen-bond donors (Lipinski definition) is 3. The summed E-state index contributed by atoms with van der Waals surface area (Å²) in [5, 5.41) is 8.90. The van der Waals surface area contributed by atoms with Crippen molar-refractivity contribution in [1.29, 1.82) is 0 Å². The van der Waals surface area contributed by atoms with Crippen LogP contribution in [-0.2, 0) is 4.74 Å². The van der Waals surface area contributed by atoms with Crippen LogP contribution in [0.3, 0.4) is 0 Å². The van der Waals surface area contributed by atoms with Crippen LogP contribution in [0.15, 0.2) is 20.3 Å². The van der Waals surface area contributed by atoms with Gasteiger partial charge in [-0.15, -0.1) is 0 Å². The number of aromatic amines is 1. The molecule has 1 aliphatic heterocycles. The number of aliphatic hydroxyl groups excluding tert-OH is 1. The van der Waals surface area contributed by atoms with E-state index in [2.05, 4.69) is 33.5 Å². The van der Waals surface area contributed by atoms with Crippen molar-refractivity contribution in [3.8, 4) is 0 Å². The summed E-state index contributed by atoms with van der Waals surface area (Å²) in [5.41, 5.74) is -1.02. The summed E-state index contributed by atoms with van der Waals surface area (Å²) >= 11 is 7.32. The van der Waals surface area contributed by atoms with Crippen LogP contribution >= 0.6 is 28.6 Å². The van der Waals surface area contributed by atoms with Gasteiger partial charge in [0.1, 0.15) is 6.23 Å². The zero-order valence-electron chi connectivity index (χ0n) is 8.67. The Morgan fingerprint density at radius 2 is 2.35 bits per heavy atom. The quantitative estimate of drug-likeness (QED) is 0.663. The van der Waals surface area contributed by atoms with E-state index in [1.165, 1.54) is 10.8 Å². The number of H-pyrrole nitrogens is 1. The van der Waals surface area contributed by atoms with Crippen molar-refractivity contribution in [3.63, 3.8) is 0 Å². The van der Waals surface area contributed by atoms with Gasteiger partial charge in [-0.2, -0.15) is 12.6 Å². The van der Waals surface area contributed by atoms with Gasteiger partial charge in [-0.25, -0.2) is 4.79 Å². The summed E-state index contributed by atoms with van der Waals surface area (Å²) in [4.78, 5) is 24.9. The second-order valence-corrected chi connectivity index (χ2v) is 5.28. The van der Waals surface area contributed by atoms with Gasteiger partial charge in [0.15, 0.2) is 0 Å². The van der Waals surface area contributed by atoms with Crippen molar-refractivity contribution in [1.82, 2.24) is 9.55 Å². The monoisotopic (exact) mass is 322 g/mol. The third kappa shape index (κ3) is 2.49. The fraction of sp³-hybridized carbons (Fsp3) is 0.556. The van der Waals surface area contributed by atoms with Gasteiger partial charge in [0, 0.05) is 17.9 Å². The summed E-state index contributed by atoms with van der Waals surface area (Å²) in [6, 6.07) is 0. The van der Waals surface area contributed by atoms with E-state index in [9.17, 15) is 9.59 Å². The number of halogens is 1. The Balaban J connectivity index is 2.34. The maximum atomic E-state index is 11.6. The van der Waals surface area contributed by atoms with Crippen molar-refractivity contribution in [2.24, 2.45) is 0 Å². The normalized spacial score (nSPS) is 28.5. The molecule has 17 heavy (non-hydrogen) atoms. The molecule has 1 unspecified atom stereocenters. The van der Waals surface area contributed by atoms with E-state index >= 15 is 0 Å². The molecule has 0 bridgehead atoms.